The van der Waals surface area contributed by atoms with Crippen molar-refractivity contribution in [2.24, 2.45) is 0 Å². The predicted molar refractivity (Wildman–Crippen MR) is 299 cm³/mol. The quantitative estimate of drug-likeness (QED) is 0.160. The molecule has 0 saturated carbocycles. The first kappa shape index (κ1) is 40.4. The molecule has 0 N–H and O–H groups in total. The monoisotopic (exact) mass is 917 g/mol. The number of rotatable bonds is 7. The third kappa shape index (κ3) is 6.04. The van der Waals surface area contributed by atoms with Gasteiger partial charge in [-0.2, -0.15) is 0 Å². The van der Waals surface area contributed by atoms with Crippen molar-refractivity contribution in [3.05, 3.63) is 283 Å². The van der Waals surface area contributed by atoms with E-state index in [1.807, 2.05) is 0 Å². The molecule has 2 heterocycles. The molecule has 0 radical (unpaired) electrons. The van der Waals surface area contributed by atoms with Gasteiger partial charge in [0.25, 0.3) is 0 Å². The van der Waals surface area contributed by atoms with Crippen LogP contribution in [0.2, 0.25) is 0 Å². The van der Waals surface area contributed by atoms with Crippen molar-refractivity contribution in [2.45, 2.75) is 5.41 Å². The van der Waals surface area contributed by atoms with Gasteiger partial charge in [0.2, 0.25) is 0 Å². The number of furan rings is 2. The van der Waals surface area contributed by atoms with Crippen LogP contribution in [0.15, 0.2) is 270 Å². The molecule has 0 saturated heterocycles. The summed E-state index contributed by atoms with van der Waals surface area (Å²) in [6, 6.07) is 95.0. The Balaban J connectivity index is 0.900. The van der Waals surface area contributed by atoms with E-state index in [1.165, 1.54) is 54.9 Å². The van der Waals surface area contributed by atoms with Crippen LogP contribution < -0.4 is 4.90 Å². The molecule has 15 rings (SSSR count). The predicted octanol–water partition coefficient (Wildman–Crippen LogP) is 19.0. The van der Waals surface area contributed by atoms with Crippen molar-refractivity contribution < 1.29 is 8.83 Å². The third-order valence-electron chi connectivity index (χ3n) is 15.3. The van der Waals surface area contributed by atoms with Crippen LogP contribution in [-0.2, 0) is 5.41 Å². The van der Waals surface area contributed by atoms with Crippen molar-refractivity contribution in [1.82, 2.24) is 0 Å². The first-order valence-corrected chi connectivity index (χ1v) is 24.7. The minimum Gasteiger partial charge on any atom is -0.456 e. The molecular formula is C69H43NO2. The molecule has 0 unspecified atom stereocenters. The highest BCUT2D eigenvalue weighted by Crippen LogP contribution is 2.59. The van der Waals surface area contributed by atoms with Gasteiger partial charge in [0.05, 0.1) is 11.1 Å². The second-order valence-electron chi connectivity index (χ2n) is 19.1. The van der Waals surface area contributed by atoms with Gasteiger partial charge in [-0.25, -0.2) is 0 Å². The maximum absolute atomic E-state index is 6.41. The fourth-order valence-corrected chi connectivity index (χ4v) is 12.1. The standard InChI is InChI=1S/C69H43NO2/c1-3-17-51(18-4-1)69(52-19-5-2-6-20-52)60-23-12-11-22-56(60)68-61(69)24-13-25-62(68)70(53-33-26-44(27-34-53)49-31-37-63-57(41-49)58-40-47-15-7-8-16-48(47)43-66(58)72-63)54-35-28-45(29-36-54)50-32-38-64-59(42-50)67-55-21-10-9-14-46(55)30-39-65(67)71-64/h1-43H. The molecule has 0 amide bonds. The van der Waals surface area contributed by atoms with Crippen molar-refractivity contribution in [3.8, 4) is 33.4 Å². The topological polar surface area (TPSA) is 29.5 Å². The van der Waals surface area contributed by atoms with Crippen LogP contribution in [0, 0.1) is 0 Å². The second kappa shape index (κ2) is 15.8. The number of hydrogen-bond donors (Lipinski definition) is 0. The molecule has 2 aromatic heterocycles. The SMILES string of the molecule is c1ccc(C2(c3ccccc3)c3ccccc3-c3c(N(c4ccc(-c5ccc6oc7cc8ccccc8cc7c6c5)cc4)c4ccc(-c5ccc6oc7ccc8ccccc8c7c6c5)cc4)cccc32)cc1. The van der Waals surface area contributed by atoms with Gasteiger partial charge >= 0.3 is 0 Å². The van der Waals surface area contributed by atoms with Crippen LogP contribution in [0.1, 0.15) is 22.3 Å². The molecule has 0 fully saturated rings. The van der Waals surface area contributed by atoms with Gasteiger partial charge in [-0.1, -0.05) is 188 Å². The van der Waals surface area contributed by atoms with Gasteiger partial charge in [0.15, 0.2) is 0 Å². The average molecular weight is 918 g/mol. The Morgan fingerprint density at radius 3 is 1.51 bits per heavy atom. The lowest BCUT2D eigenvalue weighted by molar-refractivity contribution is 0.669. The molecule has 1 aliphatic rings. The van der Waals surface area contributed by atoms with Crippen molar-refractivity contribution in [3.63, 3.8) is 0 Å². The Hall–Kier alpha value is -9.44. The van der Waals surface area contributed by atoms with E-state index in [-0.39, 0.29) is 0 Å². The summed E-state index contributed by atoms with van der Waals surface area (Å²) in [5, 5.41) is 9.31. The lowest BCUT2D eigenvalue weighted by atomic mass is 9.68. The normalized spacial score (nSPS) is 12.8. The Labute approximate surface area is 416 Å². The summed E-state index contributed by atoms with van der Waals surface area (Å²) in [5.41, 5.74) is 18.3. The van der Waals surface area contributed by atoms with Crippen molar-refractivity contribution >= 4 is 82.5 Å². The number of anilines is 3. The van der Waals surface area contributed by atoms with E-state index < -0.39 is 5.41 Å². The Morgan fingerprint density at radius 1 is 0.306 bits per heavy atom. The molecule has 72 heavy (non-hydrogen) atoms. The van der Waals surface area contributed by atoms with E-state index in [0.717, 1.165) is 83.2 Å². The number of benzene rings is 12. The van der Waals surface area contributed by atoms with E-state index in [0.29, 0.717) is 0 Å². The largest absolute Gasteiger partial charge is 0.456 e. The summed E-state index contributed by atoms with van der Waals surface area (Å²) >= 11 is 0. The van der Waals surface area contributed by atoms with Crippen molar-refractivity contribution in [1.29, 1.82) is 0 Å². The number of nitrogens with zero attached hydrogens (tertiary/aromatic N) is 1. The molecule has 3 heteroatoms. The summed E-state index contributed by atoms with van der Waals surface area (Å²) in [6.45, 7) is 0. The van der Waals surface area contributed by atoms with Gasteiger partial charge < -0.3 is 13.7 Å². The lowest BCUT2D eigenvalue weighted by Crippen LogP contribution is -2.28. The molecule has 336 valence electrons. The number of fused-ring (bicyclic) bond motifs is 12. The molecule has 14 aromatic rings. The average Bonchev–Trinajstić information content (AvgIpc) is 4.11. The number of hydrogen-bond acceptors (Lipinski definition) is 3. The fourth-order valence-electron chi connectivity index (χ4n) is 12.1. The van der Waals surface area contributed by atoms with E-state index in [4.69, 9.17) is 8.83 Å². The zero-order chi connectivity index (χ0) is 47.3. The molecule has 12 aromatic carbocycles. The summed E-state index contributed by atoms with van der Waals surface area (Å²) < 4.78 is 12.8. The Kier molecular flexibility index (Phi) is 8.87. The Morgan fingerprint density at radius 2 is 0.819 bits per heavy atom. The van der Waals surface area contributed by atoms with Crippen LogP contribution in [0.5, 0.6) is 0 Å². The van der Waals surface area contributed by atoms with E-state index in [1.54, 1.807) is 0 Å². The zero-order valence-corrected chi connectivity index (χ0v) is 39.1. The molecular weight excluding hydrogens is 875 g/mol. The molecule has 0 spiro atoms. The Bertz CT molecular complexity index is 4390. The smallest absolute Gasteiger partial charge is 0.136 e. The minimum atomic E-state index is -0.534. The maximum Gasteiger partial charge on any atom is 0.136 e. The second-order valence-corrected chi connectivity index (χ2v) is 19.1. The highest BCUT2D eigenvalue weighted by atomic mass is 16.3. The van der Waals surface area contributed by atoms with Gasteiger partial charge in [0, 0.05) is 38.5 Å². The highest BCUT2D eigenvalue weighted by molar-refractivity contribution is 6.19. The zero-order valence-electron chi connectivity index (χ0n) is 39.1. The van der Waals surface area contributed by atoms with Crippen molar-refractivity contribution in [2.75, 3.05) is 4.90 Å². The van der Waals surface area contributed by atoms with E-state index in [9.17, 15) is 0 Å². The van der Waals surface area contributed by atoms with E-state index >= 15 is 0 Å². The summed E-state index contributed by atoms with van der Waals surface area (Å²) in [6.07, 6.45) is 0. The van der Waals surface area contributed by atoms with Crippen LogP contribution in [0.25, 0.3) is 98.8 Å². The first-order valence-electron chi connectivity index (χ1n) is 24.7. The van der Waals surface area contributed by atoms with Crippen LogP contribution in [-0.4, -0.2) is 0 Å². The van der Waals surface area contributed by atoms with Gasteiger partial charge in [-0.15, -0.1) is 0 Å². The lowest BCUT2D eigenvalue weighted by Gasteiger charge is -2.34. The summed E-state index contributed by atoms with van der Waals surface area (Å²) in [5.74, 6) is 0. The molecule has 3 nitrogen and oxygen atoms in total. The minimum absolute atomic E-state index is 0.534. The molecule has 1 aliphatic carbocycles. The third-order valence-corrected chi connectivity index (χ3v) is 15.3. The molecule has 0 atom stereocenters. The summed E-state index contributed by atoms with van der Waals surface area (Å²) in [7, 11) is 0. The van der Waals surface area contributed by atoms with Crippen LogP contribution in [0.3, 0.4) is 0 Å². The van der Waals surface area contributed by atoms with E-state index in [2.05, 4.69) is 266 Å². The van der Waals surface area contributed by atoms with Crippen LogP contribution in [0.4, 0.5) is 17.1 Å². The molecule has 0 bridgehead atoms. The first-order chi connectivity index (χ1) is 35.7. The summed E-state index contributed by atoms with van der Waals surface area (Å²) in [4.78, 5) is 2.45. The van der Waals surface area contributed by atoms with Crippen LogP contribution >= 0.6 is 0 Å². The fraction of sp³-hybridized carbons (Fsp3) is 0.0145. The van der Waals surface area contributed by atoms with Gasteiger partial charge in [-0.3, -0.25) is 0 Å². The highest BCUT2D eigenvalue weighted by Gasteiger charge is 2.47. The van der Waals surface area contributed by atoms with Gasteiger partial charge in [0.1, 0.15) is 22.3 Å². The maximum atomic E-state index is 6.41. The molecule has 0 aliphatic heterocycles. The van der Waals surface area contributed by atoms with Gasteiger partial charge in [-0.05, 0) is 144 Å².